The van der Waals surface area contributed by atoms with E-state index in [4.69, 9.17) is 4.74 Å². The summed E-state index contributed by atoms with van der Waals surface area (Å²) in [5.74, 6) is 2.13. The molecule has 1 fully saturated rings. The third kappa shape index (κ3) is 3.72. The third-order valence-electron chi connectivity index (χ3n) is 5.09. The summed E-state index contributed by atoms with van der Waals surface area (Å²) in [5.41, 5.74) is 1.92. The number of likely N-dealkylation sites (tertiary alicyclic amines) is 1. The summed E-state index contributed by atoms with van der Waals surface area (Å²) in [6.45, 7) is 1.96. The summed E-state index contributed by atoms with van der Waals surface area (Å²) in [5, 5.41) is 11.6. The molecule has 2 aromatic heterocycles. The van der Waals surface area contributed by atoms with Crippen molar-refractivity contribution in [2.75, 3.05) is 20.2 Å². The Hall–Kier alpha value is -3.09. The number of hydrogen-bond donors (Lipinski definition) is 1. The fourth-order valence-corrected chi connectivity index (χ4v) is 3.51. The van der Waals surface area contributed by atoms with E-state index in [9.17, 15) is 4.79 Å². The maximum Gasteiger partial charge on any atom is 0.317 e. The van der Waals surface area contributed by atoms with Crippen molar-refractivity contribution in [1.82, 2.24) is 24.8 Å². The first-order valence-corrected chi connectivity index (χ1v) is 9.20. The van der Waals surface area contributed by atoms with Crippen molar-refractivity contribution >= 4 is 11.7 Å². The van der Waals surface area contributed by atoms with Crippen molar-refractivity contribution < 1.29 is 9.53 Å². The van der Waals surface area contributed by atoms with E-state index in [1.807, 2.05) is 58.0 Å². The Labute approximate surface area is 158 Å². The molecule has 0 saturated carbocycles. The van der Waals surface area contributed by atoms with Gasteiger partial charge in [0.05, 0.1) is 7.11 Å². The minimum atomic E-state index is -0.0182. The molecular weight excluding hydrogens is 342 g/mol. The largest absolute Gasteiger partial charge is 0.497 e. The second-order valence-corrected chi connectivity index (χ2v) is 6.76. The van der Waals surface area contributed by atoms with Gasteiger partial charge in [-0.25, -0.2) is 4.79 Å². The summed E-state index contributed by atoms with van der Waals surface area (Å²) >= 11 is 0. The van der Waals surface area contributed by atoms with Crippen LogP contribution >= 0.6 is 0 Å². The van der Waals surface area contributed by atoms with Crippen molar-refractivity contribution in [2.45, 2.75) is 25.3 Å². The van der Waals surface area contributed by atoms with Gasteiger partial charge in [-0.2, -0.15) is 0 Å². The molecule has 4 rings (SSSR count). The van der Waals surface area contributed by atoms with Crippen LogP contribution in [0.25, 0.3) is 5.65 Å². The summed E-state index contributed by atoms with van der Waals surface area (Å²) in [6.07, 6.45) is 3.79. The molecule has 3 aromatic rings. The maximum absolute atomic E-state index is 12.5. The Bertz CT molecular complexity index is 914. The SMILES string of the molecule is COc1ccc(CNC(=O)N2CCC(c3nnc4ccccn34)CC2)cc1. The van der Waals surface area contributed by atoms with Crippen LogP contribution in [0.5, 0.6) is 5.75 Å². The van der Waals surface area contributed by atoms with Gasteiger partial charge >= 0.3 is 6.03 Å². The molecule has 1 N–H and O–H groups in total. The lowest BCUT2D eigenvalue weighted by atomic mass is 9.96. The molecule has 0 spiro atoms. The minimum Gasteiger partial charge on any atom is -0.497 e. The van der Waals surface area contributed by atoms with Crippen LogP contribution < -0.4 is 10.1 Å². The lowest BCUT2D eigenvalue weighted by molar-refractivity contribution is 0.180. The highest BCUT2D eigenvalue weighted by molar-refractivity contribution is 5.74. The number of nitrogens with one attached hydrogen (secondary N) is 1. The van der Waals surface area contributed by atoms with Crippen LogP contribution in [0.1, 0.15) is 30.1 Å². The zero-order valence-corrected chi connectivity index (χ0v) is 15.3. The smallest absolute Gasteiger partial charge is 0.317 e. The van der Waals surface area contributed by atoms with Crippen LogP contribution in [-0.2, 0) is 6.54 Å². The van der Waals surface area contributed by atoms with Crippen molar-refractivity contribution in [3.05, 3.63) is 60.0 Å². The zero-order valence-electron chi connectivity index (χ0n) is 15.3. The van der Waals surface area contributed by atoms with E-state index >= 15 is 0 Å². The number of fused-ring (bicyclic) bond motifs is 1. The number of hydrogen-bond acceptors (Lipinski definition) is 4. The predicted octanol–water partition coefficient (Wildman–Crippen LogP) is 2.83. The van der Waals surface area contributed by atoms with Crippen LogP contribution in [0.2, 0.25) is 0 Å². The molecule has 3 heterocycles. The fraction of sp³-hybridized carbons (Fsp3) is 0.350. The van der Waals surface area contributed by atoms with Crippen molar-refractivity contribution in [3.8, 4) is 5.75 Å². The Morgan fingerprint density at radius 3 is 2.67 bits per heavy atom. The van der Waals surface area contributed by atoms with Crippen LogP contribution in [0.15, 0.2) is 48.7 Å². The average molecular weight is 365 g/mol. The number of ether oxygens (including phenoxy) is 1. The van der Waals surface area contributed by atoms with Gasteiger partial charge in [0.1, 0.15) is 11.6 Å². The van der Waals surface area contributed by atoms with Gasteiger partial charge in [0.15, 0.2) is 5.65 Å². The van der Waals surface area contributed by atoms with E-state index in [1.54, 1.807) is 7.11 Å². The molecule has 1 aliphatic rings. The maximum atomic E-state index is 12.5. The summed E-state index contributed by atoms with van der Waals surface area (Å²) < 4.78 is 7.20. The number of piperidine rings is 1. The highest BCUT2D eigenvalue weighted by atomic mass is 16.5. The third-order valence-corrected chi connectivity index (χ3v) is 5.09. The van der Waals surface area contributed by atoms with E-state index in [0.29, 0.717) is 12.5 Å². The number of pyridine rings is 1. The van der Waals surface area contributed by atoms with Crippen LogP contribution in [0, 0.1) is 0 Å². The number of nitrogens with zero attached hydrogens (tertiary/aromatic N) is 4. The topological polar surface area (TPSA) is 71.8 Å². The summed E-state index contributed by atoms with van der Waals surface area (Å²) in [4.78, 5) is 14.3. The second-order valence-electron chi connectivity index (χ2n) is 6.76. The van der Waals surface area contributed by atoms with Crippen molar-refractivity contribution in [1.29, 1.82) is 0 Å². The Kier molecular flexibility index (Phi) is 4.91. The second kappa shape index (κ2) is 7.65. The number of amides is 2. The van der Waals surface area contributed by atoms with Gasteiger partial charge in [-0.15, -0.1) is 10.2 Å². The van der Waals surface area contributed by atoms with Crippen LogP contribution in [0.3, 0.4) is 0 Å². The number of methoxy groups -OCH3 is 1. The van der Waals surface area contributed by atoms with Crippen molar-refractivity contribution in [2.24, 2.45) is 0 Å². The summed E-state index contributed by atoms with van der Waals surface area (Å²) in [6, 6.07) is 13.6. The first kappa shape index (κ1) is 17.3. The molecule has 1 aliphatic heterocycles. The molecule has 140 valence electrons. The standard InChI is InChI=1S/C20H23N5O2/c1-27-17-7-5-15(6-8-17)14-21-20(26)24-12-9-16(10-13-24)19-23-22-18-4-2-3-11-25(18)19/h2-8,11,16H,9-10,12-14H2,1H3,(H,21,26). The van der Waals surface area contributed by atoms with Gasteiger partial charge in [-0.05, 0) is 42.7 Å². The lowest BCUT2D eigenvalue weighted by Crippen LogP contribution is -2.44. The van der Waals surface area contributed by atoms with Crippen LogP contribution in [0.4, 0.5) is 4.79 Å². The first-order valence-electron chi connectivity index (χ1n) is 9.20. The molecule has 0 bridgehead atoms. The van der Waals surface area contributed by atoms with Gasteiger partial charge in [-0.3, -0.25) is 4.40 Å². The van der Waals surface area contributed by atoms with E-state index < -0.39 is 0 Å². The molecule has 7 nitrogen and oxygen atoms in total. The molecule has 2 amide bonds. The number of carbonyl (C=O) groups excluding carboxylic acids is 1. The number of aromatic nitrogens is 3. The van der Waals surface area contributed by atoms with Crippen LogP contribution in [-0.4, -0.2) is 45.7 Å². The monoisotopic (exact) mass is 365 g/mol. The molecular formula is C20H23N5O2. The Morgan fingerprint density at radius 2 is 1.93 bits per heavy atom. The van der Waals surface area contributed by atoms with E-state index in [1.165, 1.54) is 0 Å². The molecule has 1 saturated heterocycles. The molecule has 0 radical (unpaired) electrons. The average Bonchev–Trinajstić information content (AvgIpc) is 3.16. The zero-order chi connectivity index (χ0) is 18.6. The molecule has 0 unspecified atom stereocenters. The molecule has 0 aliphatic carbocycles. The molecule has 7 heteroatoms. The van der Waals surface area contributed by atoms with Gasteiger partial charge in [-0.1, -0.05) is 18.2 Å². The van der Waals surface area contributed by atoms with E-state index in [2.05, 4.69) is 15.5 Å². The Morgan fingerprint density at radius 1 is 1.15 bits per heavy atom. The highest BCUT2D eigenvalue weighted by Crippen LogP contribution is 2.27. The number of carbonyl (C=O) groups is 1. The fourth-order valence-electron chi connectivity index (χ4n) is 3.51. The number of rotatable bonds is 4. The Balaban J connectivity index is 1.31. The molecule has 0 atom stereocenters. The van der Waals surface area contributed by atoms with Gasteiger partial charge in [0.25, 0.3) is 0 Å². The van der Waals surface area contributed by atoms with Gasteiger partial charge < -0.3 is 15.0 Å². The first-order chi connectivity index (χ1) is 13.2. The quantitative estimate of drug-likeness (QED) is 0.772. The van der Waals surface area contributed by atoms with E-state index in [0.717, 1.165) is 48.7 Å². The van der Waals surface area contributed by atoms with Gasteiger partial charge in [0.2, 0.25) is 0 Å². The normalized spacial score (nSPS) is 15.1. The minimum absolute atomic E-state index is 0.0182. The number of benzene rings is 1. The molecule has 27 heavy (non-hydrogen) atoms. The highest BCUT2D eigenvalue weighted by Gasteiger charge is 2.26. The predicted molar refractivity (Wildman–Crippen MR) is 102 cm³/mol. The number of urea groups is 1. The summed E-state index contributed by atoms with van der Waals surface area (Å²) in [7, 11) is 1.64. The molecule has 1 aromatic carbocycles. The lowest BCUT2D eigenvalue weighted by Gasteiger charge is -2.31. The van der Waals surface area contributed by atoms with Crippen molar-refractivity contribution in [3.63, 3.8) is 0 Å². The van der Waals surface area contributed by atoms with E-state index in [-0.39, 0.29) is 6.03 Å². The van der Waals surface area contributed by atoms with Gasteiger partial charge in [0, 0.05) is 31.7 Å².